The zero-order chi connectivity index (χ0) is 20.5. The summed E-state index contributed by atoms with van der Waals surface area (Å²) < 4.78 is 5.16. The molecule has 2 aliphatic heterocycles. The normalized spacial score (nSPS) is 21.9. The van der Waals surface area contributed by atoms with Gasteiger partial charge >= 0.3 is 12.0 Å². The van der Waals surface area contributed by atoms with Crippen LogP contribution in [0.25, 0.3) is 0 Å². The lowest BCUT2D eigenvalue weighted by Crippen LogP contribution is -2.66. The van der Waals surface area contributed by atoms with Gasteiger partial charge in [0.15, 0.2) is 18.9 Å². The molecule has 1 aromatic carbocycles. The highest BCUT2D eigenvalue weighted by atomic mass is 16.5. The number of aliphatic hydroxyl groups excluding tert-OH is 1. The van der Waals surface area contributed by atoms with Gasteiger partial charge in [0, 0.05) is 6.54 Å². The highest BCUT2D eigenvalue weighted by Crippen LogP contribution is 2.27. The van der Waals surface area contributed by atoms with E-state index < -0.39 is 49.0 Å². The van der Waals surface area contributed by atoms with Crippen molar-refractivity contribution in [1.82, 2.24) is 14.7 Å². The number of urea groups is 1. The van der Waals surface area contributed by atoms with Crippen molar-refractivity contribution in [3.63, 3.8) is 0 Å². The monoisotopic (exact) mass is 388 g/mol. The molecule has 150 valence electrons. The van der Waals surface area contributed by atoms with Gasteiger partial charge < -0.3 is 14.7 Å². The average molecular weight is 388 g/mol. The summed E-state index contributed by atoms with van der Waals surface area (Å²) in [6, 6.07) is 7.99. The number of aliphatic hydroxyl groups is 1. The maximum Gasteiger partial charge on any atom is 0.333 e. The smallest absolute Gasteiger partial charge is 0.333 e. The quantitative estimate of drug-likeness (QED) is 0.755. The Balaban J connectivity index is 1.79. The molecule has 0 bridgehead atoms. The summed E-state index contributed by atoms with van der Waals surface area (Å²) in [5.41, 5.74) is 0.206. The number of amides is 3. The first kappa shape index (κ1) is 19.8. The van der Waals surface area contributed by atoms with E-state index in [4.69, 9.17) is 4.74 Å². The molecule has 1 fully saturated rings. The number of esters is 1. The molecule has 0 aromatic heterocycles. The third kappa shape index (κ3) is 3.70. The maximum atomic E-state index is 13.0. The van der Waals surface area contributed by atoms with Crippen molar-refractivity contribution in [3.05, 3.63) is 35.9 Å². The fraction of sp³-hybridized carbons (Fsp3) is 0.474. The van der Waals surface area contributed by atoms with E-state index in [0.29, 0.717) is 6.54 Å². The topological polar surface area (TPSA) is 103 Å². The zero-order valence-corrected chi connectivity index (χ0v) is 16.1. The first-order chi connectivity index (χ1) is 13.2. The molecule has 2 aliphatic rings. The third-order valence-corrected chi connectivity index (χ3v) is 4.62. The predicted molar refractivity (Wildman–Crippen MR) is 99.6 cm³/mol. The standard InChI is InChI=1S/C19H24N4O5/c1-19(2,3)17(26)28-12-23-16(25)14-15(22(11-24)18(23)27)20-10-21(14)9-13-7-5-4-6-8-13/h4-8,10,14-15,24H,9,11-12H2,1-3H3. The van der Waals surface area contributed by atoms with Crippen LogP contribution in [0.1, 0.15) is 26.3 Å². The first-order valence-electron chi connectivity index (χ1n) is 8.97. The lowest BCUT2D eigenvalue weighted by Gasteiger charge is -2.41. The SMILES string of the molecule is CC(C)(C)C(=O)OCN1C(=O)C2C(N=CN2Cc2ccccc2)N(CO)C1=O. The van der Waals surface area contributed by atoms with Crippen molar-refractivity contribution in [3.8, 4) is 0 Å². The van der Waals surface area contributed by atoms with Gasteiger partial charge in [-0.3, -0.25) is 14.5 Å². The van der Waals surface area contributed by atoms with Crippen LogP contribution in [0.3, 0.4) is 0 Å². The van der Waals surface area contributed by atoms with E-state index in [9.17, 15) is 19.5 Å². The van der Waals surface area contributed by atoms with E-state index in [-0.39, 0.29) is 0 Å². The summed E-state index contributed by atoms with van der Waals surface area (Å²) >= 11 is 0. The van der Waals surface area contributed by atoms with Crippen LogP contribution < -0.4 is 0 Å². The highest BCUT2D eigenvalue weighted by Gasteiger charge is 2.51. The minimum absolute atomic E-state index is 0.417. The minimum atomic E-state index is -0.816. The second-order valence-electron chi connectivity index (χ2n) is 7.75. The molecule has 9 nitrogen and oxygen atoms in total. The van der Waals surface area contributed by atoms with Crippen molar-refractivity contribution < 1.29 is 24.2 Å². The Bertz CT molecular complexity index is 789. The third-order valence-electron chi connectivity index (χ3n) is 4.62. The van der Waals surface area contributed by atoms with Crippen molar-refractivity contribution >= 4 is 24.2 Å². The average Bonchev–Trinajstić information content (AvgIpc) is 3.05. The van der Waals surface area contributed by atoms with E-state index in [2.05, 4.69) is 4.99 Å². The Hall–Kier alpha value is -2.94. The fourth-order valence-electron chi connectivity index (χ4n) is 3.06. The van der Waals surface area contributed by atoms with Crippen LogP contribution in [0.4, 0.5) is 4.79 Å². The van der Waals surface area contributed by atoms with Gasteiger partial charge in [-0.15, -0.1) is 0 Å². The number of ether oxygens (including phenoxy) is 1. The molecule has 0 aliphatic carbocycles. The van der Waals surface area contributed by atoms with Crippen LogP contribution in [0.2, 0.25) is 0 Å². The lowest BCUT2D eigenvalue weighted by molar-refractivity contribution is -0.161. The van der Waals surface area contributed by atoms with Gasteiger partial charge in [-0.2, -0.15) is 0 Å². The summed E-state index contributed by atoms with van der Waals surface area (Å²) in [5, 5.41) is 9.66. The van der Waals surface area contributed by atoms with Crippen LogP contribution in [0.5, 0.6) is 0 Å². The number of aliphatic imine (C=N–C) groups is 1. The highest BCUT2D eigenvalue weighted by molar-refractivity contribution is 6.02. The molecule has 2 heterocycles. The summed E-state index contributed by atoms with van der Waals surface area (Å²) in [7, 11) is 0. The van der Waals surface area contributed by atoms with Gasteiger partial charge in [-0.05, 0) is 26.3 Å². The van der Waals surface area contributed by atoms with Crippen molar-refractivity contribution in [1.29, 1.82) is 0 Å². The molecular formula is C19H24N4O5. The van der Waals surface area contributed by atoms with E-state index in [1.54, 1.807) is 25.7 Å². The number of carbonyl (C=O) groups is 3. The maximum absolute atomic E-state index is 13.0. The second-order valence-corrected chi connectivity index (χ2v) is 7.75. The number of nitrogens with zero attached hydrogens (tertiary/aromatic N) is 4. The summed E-state index contributed by atoms with van der Waals surface area (Å²) in [4.78, 5) is 45.6. The van der Waals surface area contributed by atoms with Gasteiger partial charge in [0.2, 0.25) is 0 Å². The van der Waals surface area contributed by atoms with Gasteiger partial charge in [-0.25, -0.2) is 14.7 Å². The Labute approximate surface area is 163 Å². The van der Waals surface area contributed by atoms with Crippen LogP contribution in [0, 0.1) is 5.41 Å². The number of hydrogen-bond donors (Lipinski definition) is 1. The van der Waals surface area contributed by atoms with Crippen molar-refractivity contribution in [2.75, 3.05) is 13.5 Å². The molecule has 3 rings (SSSR count). The summed E-state index contributed by atoms with van der Waals surface area (Å²) in [6.07, 6.45) is 0.698. The van der Waals surface area contributed by atoms with E-state index in [0.717, 1.165) is 15.4 Å². The second kappa shape index (κ2) is 7.59. The Morgan fingerprint density at radius 1 is 1.21 bits per heavy atom. The van der Waals surface area contributed by atoms with Crippen LogP contribution in [-0.2, 0) is 20.9 Å². The fourth-order valence-corrected chi connectivity index (χ4v) is 3.06. The number of rotatable bonds is 5. The van der Waals surface area contributed by atoms with Crippen molar-refractivity contribution in [2.24, 2.45) is 10.4 Å². The Kier molecular flexibility index (Phi) is 5.37. The minimum Gasteiger partial charge on any atom is -0.443 e. The molecule has 9 heteroatoms. The molecule has 1 N–H and O–H groups in total. The number of benzene rings is 1. The summed E-state index contributed by atoms with van der Waals surface area (Å²) in [5.74, 6) is -1.05. The van der Waals surface area contributed by atoms with Crippen molar-refractivity contribution in [2.45, 2.75) is 39.5 Å². The number of hydrogen-bond acceptors (Lipinski definition) is 7. The van der Waals surface area contributed by atoms with E-state index in [1.807, 2.05) is 30.3 Å². The molecule has 0 spiro atoms. The molecule has 0 saturated carbocycles. The number of carbonyl (C=O) groups excluding carboxylic acids is 3. The zero-order valence-electron chi connectivity index (χ0n) is 16.1. The van der Waals surface area contributed by atoms with Gasteiger partial charge in [0.1, 0.15) is 6.73 Å². The Morgan fingerprint density at radius 3 is 2.50 bits per heavy atom. The molecule has 28 heavy (non-hydrogen) atoms. The van der Waals surface area contributed by atoms with E-state index in [1.165, 1.54) is 6.34 Å². The molecule has 2 atom stereocenters. The number of fused-ring (bicyclic) bond motifs is 1. The molecule has 1 saturated heterocycles. The van der Waals surface area contributed by atoms with Gasteiger partial charge in [0.25, 0.3) is 5.91 Å². The molecular weight excluding hydrogens is 364 g/mol. The first-order valence-corrected chi connectivity index (χ1v) is 8.97. The molecule has 3 amide bonds. The lowest BCUT2D eigenvalue weighted by atomic mass is 9.97. The molecule has 1 aromatic rings. The van der Waals surface area contributed by atoms with Crippen LogP contribution >= 0.6 is 0 Å². The summed E-state index contributed by atoms with van der Waals surface area (Å²) in [6.45, 7) is 4.34. The predicted octanol–water partition coefficient (Wildman–Crippen LogP) is 0.986. The van der Waals surface area contributed by atoms with Crippen LogP contribution in [0.15, 0.2) is 35.3 Å². The van der Waals surface area contributed by atoms with Gasteiger partial charge in [0.05, 0.1) is 11.8 Å². The van der Waals surface area contributed by atoms with Gasteiger partial charge in [-0.1, -0.05) is 30.3 Å². The molecule has 0 radical (unpaired) electrons. The molecule has 2 unspecified atom stereocenters. The van der Waals surface area contributed by atoms with Crippen LogP contribution in [-0.4, -0.2) is 69.7 Å². The Morgan fingerprint density at radius 2 is 1.89 bits per heavy atom. The van der Waals surface area contributed by atoms with E-state index >= 15 is 0 Å². The number of imide groups is 1. The largest absolute Gasteiger partial charge is 0.443 e.